The largest absolute Gasteiger partial charge is 0.748 e. The minimum absolute atomic E-state index is 0.238. The summed E-state index contributed by atoms with van der Waals surface area (Å²) in [6, 6.07) is 0. The minimum atomic E-state index is -3.99. The Morgan fingerprint density at radius 2 is 0.909 bits per heavy atom. The van der Waals surface area contributed by atoms with Gasteiger partial charge >= 0.3 is 0 Å². The van der Waals surface area contributed by atoms with E-state index in [9.17, 15) is 42.8 Å². The van der Waals surface area contributed by atoms with Crippen LogP contribution in [0.3, 0.4) is 0 Å². The molecule has 0 bridgehead atoms. The number of nitrogens with zero attached hydrogens (tertiary/aromatic N) is 4. The number of aryl methyl sites for hydroxylation is 4. The number of imidazole rings is 2. The maximum atomic E-state index is 10.7. The molecule has 2 N–H and O–H groups in total. The van der Waals surface area contributed by atoms with Crippen LogP contribution in [0.5, 0.6) is 0 Å². The third kappa shape index (κ3) is 28.2. The summed E-state index contributed by atoms with van der Waals surface area (Å²) in [5.74, 6) is -0.175. The van der Waals surface area contributed by atoms with Crippen molar-refractivity contribution in [1.29, 1.82) is 0 Å². The minimum Gasteiger partial charge on any atom is -0.748 e. The zero-order valence-corrected chi connectivity index (χ0v) is 29.1. The van der Waals surface area contributed by atoms with Crippen LogP contribution in [-0.4, -0.2) is 95.5 Å². The van der Waals surface area contributed by atoms with E-state index in [0.29, 0.717) is 50.3 Å². The topological polar surface area (TPSA) is 241 Å². The van der Waals surface area contributed by atoms with Crippen LogP contribution in [0.15, 0.2) is 37.4 Å². The van der Waals surface area contributed by atoms with Gasteiger partial charge in [0, 0.05) is 24.3 Å². The van der Waals surface area contributed by atoms with E-state index in [1.165, 1.54) is 0 Å². The Morgan fingerprint density at radius 1 is 0.568 bits per heavy atom. The standard InChI is InChI=1S/C16H26N4O6S2.2C3H8O3S2/c21-27(22,23)13-3-7-19-11-9-17(15-19)5-1-2-6-18-10-12-20(16-18)8-4-14-28(24,25)26;2*4-8(5,6)3-1-2-7/h9-12,15-16H,1-8,13-14H2;2*7H,1-3H2,(H,4,5,6). The molecule has 0 amide bonds. The van der Waals surface area contributed by atoms with Crippen molar-refractivity contribution in [3.63, 3.8) is 0 Å². The van der Waals surface area contributed by atoms with Gasteiger partial charge in [-0.2, -0.15) is 42.1 Å². The van der Waals surface area contributed by atoms with Crippen molar-refractivity contribution in [2.24, 2.45) is 0 Å². The molecule has 44 heavy (non-hydrogen) atoms. The summed E-state index contributed by atoms with van der Waals surface area (Å²) < 4.78 is 127. The molecule has 0 aromatic carbocycles. The first-order chi connectivity index (χ1) is 20.2. The number of aromatic nitrogens is 4. The van der Waals surface area contributed by atoms with Crippen molar-refractivity contribution in [1.82, 2.24) is 9.13 Å². The summed E-state index contributed by atoms with van der Waals surface area (Å²) in [6.07, 6.45) is 14.8. The zero-order valence-electron chi connectivity index (χ0n) is 24.1. The second-order valence-electron chi connectivity index (χ2n) is 9.44. The molecule has 16 nitrogen and oxygen atoms in total. The molecule has 0 fully saturated rings. The van der Waals surface area contributed by atoms with Gasteiger partial charge in [-0.1, -0.05) is 0 Å². The van der Waals surface area contributed by atoms with Gasteiger partial charge in [-0.3, -0.25) is 9.11 Å². The van der Waals surface area contributed by atoms with E-state index in [4.69, 9.17) is 9.11 Å². The second-order valence-corrected chi connectivity index (χ2v) is 16.5. The molecule has 0 aliphatic rings. The molecule has 0 radical (unpaired) electrons. The molecule has 2 heterocycles. The van der Waals surface area contributed by atoms with Crippen LogP contribution in [0.2, 0.25) is 0 Å². The van der Waals surface area contributed by atoms with E-state index in [1.54, 1.807) is 0 Å². The van der Waals surface area contributed by atoms with Crippen LogP contribution >= 0.6 is 25.3 Å². The average molecular weight is 747 g/mol. The molecule has 22 heteroatoms. The summed E-state index contributed by atoms with van der Waals surface area (Å²) in [5.41, 5.74) is 0. The van der Waals surface area contributed by atoms with Gasteiger partial charge in [-0.15, -0.1) is 0 Å². The zero-order chi connectivity index (χ0) is 33.9. The van der Waals surface area contributed by atoms with Crippen LogP contribution in [0.25, 0.3) is 0 Å². The molecule has 0 saturated heterocycles. The van der Waals surface area contributed by atoms with E-state index in [2.05, 4.69) is 25.3 Å². The lowest BCUT2D eigenvalue weighted by Gasteiger charge is -2.02. The van der Waals surface area contributed by atoms with Gasteiger partial charge in [0.2, 0.25) is 12.7 Å². The van der Waals surface area contributed by atoms with Gasteiger partial charge in [0.25, 0.3) is 20.2 Å². The quantitative estimate of drug-likeness (QED) is 0.0622. The van der Waals surface area contributed by atoms with E-state index >= 15 is 0 Å². The molecular formula is C22H42N4O12S6. The predicted octanol–water partition coefficient (Wildman–Crippen LogP) is -0.396. The molecule has 2 rings (SSSR count). The van der Waals surface area contributed by atoms with E-state index in [1.807, 2.05) is 55.7 Å². The van der Waals surface area contributed by atoms with Crippen molar-refractivity contribution in [3.05, 3.63) is 37.4 Å². The fourth-order valence-electron chi connectivity index (χ4n) is 3.34. The highest BCUT2D eigenvalue weighted by molar-refractivity contribution is 7.86. The van der Waals surface area contributed by atoms with Gasteiger partial charge in [0.05, 0.1) is 57.9 Å². The lowest BCUT2D eigenvalue weighted by atomic mass is 10.3. The number of unbranched alkanes of at least 4 members (excludes halogenated alkanes) is 1. The molecule has 2 aromatic rings. The Morgan fingerprint density at radius 3 is 1.16 bits per heavy atom. The first-order valence-electron chi connectivity index (χ1n) is 13.3. The highest BCUT2D eigenvalue weighted by Crippen LogP contribution is 1.99. The molecule has 0 unspecified atom stereocenters. The van der Waals surface area contributed by atoms with E-state index in [-0.39, 0.29) is 23.0 Å². The SMILES string of the molecule is O=S(=O)(O)CCC[n+]1ccn(CCCCn2cc[n+](CCCS(=O)(=O)O)c2)c1.O=S(=O)([O-])CCCS.O=S(=O)([O-])CCCS. The van der Waals surface area contributed by atoms with Crippen molar-refractivity contribution >= 4 is 65.7 Å². The summed E-state index contributed by atoms with van der Waals surface area (Å²) in [4.78, 5) is 0. The van der Waals surface area contributed by atoms with Crippen molar-refractivity contribution in [2.75, 3.05) is 34.5 Å². The van der Waals surface area contributed by atoms with Crippen LogP contribution in [0.4, 0.5) is 0 Å². The van der Waals surface area contributed by atoms with Crippen LogP contribution in [0.1, 0.15) is 38.5 Å². The third-order valence-electron chi connectivity index (χ3n) is 5.32. The van der Waals surface area contributed by atoms with Gasteiger partial charge in [0.1, 0.15) is 24.8 Å². The van der Waals surface area contributed by atoms with E-state index in [0.717, 1.165) is 25.9 Å². The second kappa shape index (κ2) is 21.5. The lowest BCUT2D eigenvalue weighted by molar-refractivity contribution is -0.696. The summed E-state index contributed by atoms with van der Waals surface area (Å²) >= 11 is 7.46. The number of rotatable bonds is 19. The van der Waals surface area contributed by atoms with Crippen LogP contribution in [-0.2, 0) is 66.7 Å². The number of hydrogen-bond donors (Lipinski definition) is 4. The maximum Gasteiger partial charge on any atom is 0.265 e. The van der Waals surface area contributed by atoms with Gasteiger partial charge in [0.15, 0.2) is 0 Å². The molecule has 0 aliphatic carbocycles. The van der Waals surface area contributed by atoms with Gasteiger partial charge in [-0.05, 0) is 37.2 Å². The predicted molar refractivity (Wildman–Crippen MR) is 167 cm³/mol. The van der Waals surface area contributed by atoms with Gasteiger partial charge < -0.3 is 9.11 Å². The smallest absolute Gasteiger partial charge is 0.265 e. The Hall–Kier alpha value is -1.24. The highest BCUT2D eigenvalue weighted by atomic mass is 32.2. The Bertz CT molecular complexity index is 1390. The Kier molecular flexibility index (Phi) is 20.9. The molecular weight excluding hydrogens is 705 g/mol. The molecule has 2 aromatic heterocycles. The summed E-state index contributed by atoms with van der Waals surface area (Å²) in [7, 11) is -15.8. The number of hydrogen-bond acceptors (Lipinski definition) is 12. The number of thiol groups is 2. The first kappa shape index (κ1) is 42.8. The van der Waals surface area contributed by atoms with Gasteiger partial charge in [-0.25, -0.2) is 35.1 Å². The van der Waals surface area contributed by atoms with Crippen molar-refractivity contribution in [2.45, 2.75) is 64.7 Å². The van der Waals surface area contributed by atoms with Crippen molar-refractivity contribution < 1.29 is 61.0 Å². The molecule has 0 saturated carbocycles. The molecule has 0 spiro atoms. The average Bonchev–Trinajstić information content (AvgIpc) is 3.52. The fourth-order valence-corrected chi connectivity index (χ4v) is 6.06. The lowest BCUT2D eigenvalue weighted by Crippen LogP contribution is -2.32. The monoisotopic (exact) mass is 746 g/mol. The first-order valence-corrected chi connectivity index (χ1v) is 21.0. The Labute approximate surface area is 271 Å². The normalized spacial score (nSPS) is 12.2. The van der Waals surface area contributed by atoms with E-state index < -0.39 is 40.5 Å². The Balaban J connectivity index is 0.000000947. The van der Waals surface area contributed by atoms with Crippen molar-refractivity contribution in [3.8, 4) is 0 Å². The third-order valence-corrected chi connectivity index (χ3v) is 9.14. The summed E-state index contributed by atoms with van der Waals surface area (Å²) in [6.45, 7) is 2.77. The maximum absolute atomic E-state index is 10.7. The highest BCUT2D eigenvalue weighted by Gasteiger charge is 2.10. The molecule has 0 atom stereocenters. The molecule has 0 aliphatic heterocycles. The summed E-state index contributed by atoms with van der Waals surface area (Å²) in [5, 5.41) is 0. The van der Waals surface area contributed by atoms with Crippen LogP contribution in [0, 0.1) is 0 Å². The van der Waals surface area contributed by atoms with Crippen LogP contribution < -0.4 is 9.13 Å². The fraction of sp³-hybridized carbons (Fsp3) is 0.727. The molecule has 258 valence electrons.